The molecule has 2 N–H and O–H groups in total. The number of imidazole rings is 1. The molecule has 0 bridgehead atoms. The van der Waals surface area contributed by atoms with Crippen LogP contribution in [-0.2, 0) is 19.0 Å². The van der Waals surface area contributed by atoms with Gasteiger partial charge in [0.05, 0.1) is 0 Å². The van der Waals surface area contributed by atoms with Gasteiger partial charge in [-0.1, -0.05) is 37.3 Å². The van der Waals surface area contributed by atoms with E-state index in [-0.39, 0.29) is 5.54 Å². The Morgan fingerprint density at radius 3 is 2.53 bits per heavy atom. The summed E-state index contributed by atoms with van der Waals surface area (Å²) in [6.07, 6.45) is 5.42. The quantitative estimate of drug-likeness (QED) is 0.873. The van der Waals surface area contributed by atoms with E-state index in [2.05, 4.69) is 24.0 Å². The van der Waals surface area contributed by atoms with Crippen molar-refractivity contribution in [2.45, 2.75) is 25.3 Å². The van der Waals surface area contributed by atoms with Crippen LogP contribution in [0.25, 0.3) is 0 Å². The minimum Gasteiger partial charge on any atom is -0.338 e. The van der Waals surface area contributed by atoms with Gasteiger partial charge in [-0.15, -0.1) is 0 Å². The number of aryl methyl sites for hydroxylation is 1. The summed E-state index contributed by atoms with van der Waals surface area (Å²) in [5.41, 5.74) is 7.36. The molecule has 1 aromatic carbocycles. The summed E-state index contributed by atoms with van der Waals surface area (Å²) in [5.74, 6) is 1.03. The number of benzene rings is 1. The Hall–Kier alpha value is -1.61. The molecule has 0 fully saturated rings. The lowest BCUT2D eigenvalue weighted by Gasteiger charge is -2.28. The first-order valence-electron chi connectivity index (χ1n) is 5.96. The van der Waals surface area contributed by atoms with Crippen molar-refractivity contribution in [2.75, 3.05) is 0 Å². The van der Waals surface area contributed by atoms with Crippen LogP contribution in [-0.4, -0.2) is 9.55 Å². The van der Waals surface area contributed by atoms with Crippen molar-refractivity contribution in [1.29, 1.82) is 0 Å². The van der Waals surface area contributed by atoms with E-state index in [0.717, 1.165) is 18.7 Å². The molecule has 0 aliphatic carbocycles. The number of hydrogen-bond acceptors (Lipinski definition) is 2. The number of nitrogens with zero attached hydrogens (tertiary/aromatic N) is 2. The second-order valence-corrected chi connectivity index (χ2v) is 4.51. The number of hydrogen-bond donors (Lipinski definition) is 1. The summed E-state index contributed by atoms with van der Waals surface area (Å²) in [7, 11) is 2.00. The molecular formula is C14H19N3. The SMILES string of the molecule is CCC(N)(Cc1nccn1C)c1ccccc1. The number of nitrogens with two attached hydrogens (primary N) is 1. The lowest BCUT2D eigenvalue weighted by Crippen LogP contribution is -2.39. The average molecular weight is 229 g/mol. The zero-order valence-electron chi connectivity index (χ0n) is 10.4. The molecule has 1 aromatic heterocycles. The third kappa shape index (κ3) is 2.39. The molecule has 0 saturated carbocycles. The van der Waals surface area contributed by atoms with E-state index in [0.29, 0.717) is 0 Å². The summed E-state index contributed by atoms with van der Waals surface area (Å²) >= 11 is 0. The smallest absolute Gasteiger partial charge is 0.110 e. The van der Waals surface area contributed by atoms with E-state index in [4.69, 9.17) is 5.73 Å². The highest BCUT2D eigenvalue weighted by Crippen LogP contribution is 2.25. The molecule has 1 unspecified atom stereocenters. The van der Waals surface area contributed by atoms with Crippen LogP contribution in [0, 0.1) is 0 Å². The van der Waals surface area contributed by atoms with Gasteiger partial charge in [0, 0.05) is 31.4 Å². The van der Waals surface area contributed by atoms with Gasteiger partial charge in [0.2, 0.25) is 0 Å². The van der Waals surface area contributed by atoms with Crippen molar-refractivity contribution in [3.63, 3.8) is 0 Å². The highest BCUT2D eigenvalue weighted by atomic mass is 15.0. The summed E-state index contributed by atoms with van der Waals surface area (Å²) in [5, 5.41) is 0. The van der Waals surface area contributed by atoms with Crippen LogP contribution >= 0.6 is 0 Å². The van der Waals surface area contributed by atoms with Gasteiger partial charge in [0.1, 0.15) is 5.82 Å². The highest BCUT2D eigenvalue weighted by molar-refractivity contribution is 5.25. The molecule has 0 amide bonds. The number of rotatable bonds is 4. The molecule has 0 spiro atoms. The third-order valence-electron chi connectivity index (χ3n) is 3.37. The van der Waals surface area contributed by atoms with Crippen LogP contribution in [0.5, 0.6) is 0 Å². The van der Waals surface area contributed by atoms with E-state index in [1.54, 1.807) is 0 Å². The molecule has 1 atom stereocenters. The Morgan fingerprint density at radius 2 is 2.00 bits per heavy atom. The fraction of sp³-hybridized carbons (Fsp3) is 0.357. The van der Waals surface area contributed by atoms with Gasteiger partial charge < -0.3 is 10.3 Å². The van der Waals surface area contributed by atoms with Gasteiger partial charge in [-0.05, 0) is 12.0 Å². The predicted molar refractivity (Wildman–Crippen MR) is 69.5 cm³/mol. The maximum absolute atomic E-state index is 6.53. The monoisotopic (exact) mass is 229 g/mol. The lowest BCUT2D eigenvalue weighted by atomic mass is 9.85. The van der Waals surface area contributed by atoms with Gasteiger partial charge in [-0.3, -0.25) is 0 Å². The predicted octanol–water partition coefficient (Wildman–Crippen LogP) is 2.23. The summed E-state index contributed by atoms with van der Waals surface area (Å²) in [6.45, 7) is 2.12. The minimum absolute atomic E-state index is 0.333. The van der Waals surface area contributed by atoms with Gasteiger partial charge >= 0.3 is 0 Å². The molecule has 0 aliphatic rings. The standard InChI is InChI=1S/C14H19N3/c1-3-14(15,12-7-5-4-6-8-12)11-13-16-9-10-17(13)2/h4-10H,3,11,15H2,1-2H3. The average Bonchev–Trinajstić information content (AvgIpc) is 2.76. The molecule has 90 valence electrons. The second-order valence-electron chi connectivity index (χ2n) is 4.51. The summed E-state index contributed by atoms with van der Waals surface area (Å²) in [6, 6.07) is 10.3. The van der Waals surface area contributed by atoms with E-state index >= 15 is 0 Å². The first kappa shape index (κ1) is 11.9. The van der Waals surface area contributed by atoms with Gasteiger partial charge in [0.25, 0.3) is 0 Å². The first-order chi connectivity index (χ1) is 8.15. The Balaban J connectivity index is 2.30. The molecule has 2 aromatic rings. The van der Waals surface area contributed by atoms with Gasteiger partial charge in [-0.25, -0.2) is 4.98 Å². The van der Waals surface area contributed by atoms with Crippen molar-refractivity contribution in [3.05, 3.63) is 54.1 Å². The Morgan fingerprint density at radius 1 is 1.29 bits per heavy atom. The molecule has 3 nitrogen and oxygen atoms in total. The van der Waals surface area contributed by atoms with Crippen molar-refractivity contribution in [2.24, 2.45) is 12.8 Å². The molecule has 0 aliphatic heterocycles. The zero-order chi connectivity index (χ0) is 12.3. The Bertz CT molecular complexity index is 475. The maximum Gasteiger partial charge on any atom is 0.110 e. The van der Waals surface area contributed by atoms with Crippen LogP contribution in [0.15, 0.2) is 42.7 Å². The molecule has 1 heterocycles. The van der Waals surface area contributed by atoms with Crippen LogP contribution < -0.4 is 5.73 Å². The zero-order valence-corrected chi connectivity index (χ0v) is 10.4. The molecule has 3 heteroatoms. The van der Waals surface area contributed by atoms with Crippen LogP contribution in [0.4, 0.5) is 0 Å². The fourth-order valence-corrected chi connectivity index (χ4v) is 2.05. The van der Waals surface area contributed by atoms with Crippen molar-refractivity contribution < 1.29 is 0 Å². The molecule has 17 heavy (non-hydrogen) atoms. The van der Waals surface area contributed by atoms with Crippen LogP contribution in [0.2, 0.25) is 0 Å². The van der Waals surface area contributed by atoms with Crippen LogP contribution in [0.1, 0.15) is 24.7 Å². The van der Waals surface area contributed by atoms with Gasteiger partial charge in [-0.2, -0.15) is 0 Å². The van der Waals surface area contributed by atoms with E-state index < -0.39 is 0 Å². The van der Waals surface area contributed by atoms with Crippen LogP contribution in [0.3, 0.4) is 0 Å². The minimum atomic E-state index is -0.333. The largest absolute Gasteiger partial charge is 0.338 e. The van der Waals surface area contributed by atoms with E-state index in [9.17, 15) is 0 Å². The fourth-order valence-electron chi connectivity index (χ4n) is 2.05. The van der Waals surface area contributed by atoms with Crippen molar-refractivity contribution in [3.8, 4) is 0 Å². The van der Waals surface area contributed by atoms with E-state index in [1.807, 2.05) is 42.2 Å². The molecular weight excluding hydrogens is 210 g/mol. The second kappa shape index (κ2) is 4.72. The molecule has 0 radical (unpaired) electrons. The topological polar surface area (TPSA) is 43.8 Å². The normalized spacial score (nSPS) is 14.5. The van der Waals surface area contributed by atoms with E-state index in [1.165, 1.54) is 5.56 Å². The number of aromatic nitrogens is 2. The lowest BCUT2D eigenvalue weighted by molar-refractivity contribution is 0.410. The van der Waals surface area contributed by atoms with Crippen molar-refractivity contribution in [1.82, 2.24) is 9.55 Å². The van der Waals surface area contributed by atoms with Gasteiger partial charge in [0.15, 0.2) is 0 Å². The third-order valence-corrected chi connectivity index (χ3v) is 3.37. The molecule has 0 saturated heterocycles. The molecule has 2 rings (SSSR count). The Kier molecular flexibility index (Phi) is 3.29. The first-order valence-corrected chi connectivity index (χ1v) is 5.96. The maximum atomic E-state index is 6.53. The highest BCUT2D eigenvalue weighted by Gasteiger charge is 2.26. The summed E-state index contributed by atoms with van der Waals surface area (Å²) < 4.78 is 2.03. The van der Waals surface area contributed by atoms with Crippen molar-refractivity contribution >= 4 is 0 Å². The Labute approximate surface area is 102 Å². The summed E-state index contributed by atoms with van der Waals surface area (Å²) in [4.78, 5) is 4.36.